The molecule has 0 spiro atoms. The highest BCUT2D eigenvalue weighted by molar-refractivity contribution is 5.28. The van der Waals surface area contributed by atoms with Crippen LogP contribution in [-0.4, -0.2) is 0 Å². The van der Waals surface area contributed by atoms with Crippen LogP contribution >= 0.6 is 0 Å². The molecule has 0 bridgehead atoms. The molecule has 0 radical (unpaired) electrons. The van der Waals surface area contributed by atoms with E-state index in [1.54, 1.807) is 6.07 Å². The van der Waals surface area contributed by atoms with Gasteiger partial charge in [0.15, 0.2) is 11.6 Å². The fourth-order valence-electron chi connectivity index (χ4n) is 2.46. The van der Waals surface area contributed by atoms with Crippen molar-refractivity contribution in [3.63, 3.8) is 0 Å². The topological polar surface area (TPSA) is 26.0 Å². The molecule has 0 saturated heterocycles. The molecule has 1 fully saturated rings. The van der Waals surface area contributed by atoms with Gasteiger partial charge in [-0.15, -0.1) is 0 Å². The third-order valence-corrected chi connectivity index (χ3v) is 3.28. The second-order valence-corrected chi connectivity index (χ2v) is 4.61. The molecule has 1 saturated carbocycles. The molecule has 1 nitrogen and oxygen atoms in total. The van der Waals surface area contributed by atoms with E-state index in [0.717, 1.165) is 25.3 Å². The van der Waals surface area contributed by atoms with Crippen molar-refractivity contribution in [1.29, 1.82) is 0 Å². The van der Waals surface area contributed by atoms with Gasteiger partial charge < -0.3 is 5.73 Å². The van der Waals surface area contributed by atoms with E-state index >= 15 is 0 Å². The van der Waals surface area contributed by atoms with Crippen LogP contribution in [0.1, 0.15) is 31.7 Å². The van der Waals surface area contributed by atoms with Crippen LogP contribution in [0.15, 0.2) is 18.2 Å². The van der Waals surface area contributed by atoms with Gasteiger partial charge in [-0.05, 0) is 31.2 Å². The summed E-state index contributed by atoms with van der Waals surface area (Å²) in [6, 6.07) is 4.24. The summed E-state index contributed by atoms with van der Waals surface area (Å²) >= 11 is 0. The number of hydrogen-bond acceptors (Lipinski definition) is 1. The first kappa shape index (κ1) is 10.6. The second-order valence-electron chi connectivity index (χ2n) is 4.61. The van der Waals surface area contributed by atoms with E-state index in [4.69, 9.17) is 5.73 Å². The molecule has 1 aromatic carbocycles. The molecule has 0 aliphatic heterocycles. The van der Waals surface area contributed by atoms with Crippen LogP contribution in [0.3, 0.4) is 0 Å². The monoisotopic (exact) mass is 211 g/mol. The summed E-state index contributed by atoms with van der Waals surface area (Å²) in [6.45, 7) is 2.09. The van der Waals surface area contributed by atoms with E-state index in [2.05, 4.69) is 6.92 Å². The summed E-state index contributed by atoms with van der Waals surface area (Å²) in [4.78, 5) is 0. The van der Waals surface area contributed by atoms with Gasteiger partial charge in [0.25, 0.3) is 0 Å². The summed E-state index contributed by atoms with van der Waals surface area (Å²) in [5.74, 6) is -1.11. The minimum absolute atomic E-state index is 0.326. The van der Waals surface area contributed by atoms with Crippen molar-refractivity contribution in [3.05, 3.63) is 35.4 Å². The summed E-state index contributed by atoms with van der Waals surface area (Å²) in [5.41, 5.74) is 5.78. The third-order valence-electron chi connectivity index (χ3n) is 3.28. The number of nitrogens with two attached hydrogens (primary N) is 1. The summed E-state index contributed by atoms with van der Waals surface area (Å²) in [6.07, 6.45) is 2.44. The average molecular weight is 211 g/mol. The molecular formula is C12H15F2N. The van der Waals surface area contributed by atoms with Crippen molar-refractivity contribution in [2.45, 2.75) is 31.7 Å². The Labute approximate surface area is 88.3 Å². The second kappa shape index (κ2) is 3.56. The van der Waals surface area contributed by atoms with E-state index in [9.17, 15) is 8.78 Å². The maximum Gasteiger partial charge on any atom is 0.163 e. The molecule has 2 N–H and O–H groups in total. The summed E-state index contributed by atoms with van der Waals surface area (Å²) in [7, 11) is 0. The first-order valence-corrected chi connectivity index (χ1v) is 5.26. The summed E-state index contributed by atoms with van der Waals surface area (Å²) < 4.78 is 26.6. The zero-order valence-corrected chi connectivity index (χ0v) is 8.76. The maximum atomic E-state index is 13.6. The largest absolute Gasteiger partial charge is 0.321 e. The maximum absolute atomic E-state index is 13.6. The molecule has 2 unspecified atom stereocenters. The van der Waals surface area contributed by atoms with E-state index in [-0.39, 0.29) is 0 Å². The Morgan fingerprint density at radius 2 is 2.13 bits per heavy atom. The fraction of sp³-hybridized carbons (Fsp3) is 0.500. The van der Waals surface area contributed by atoms with Gasteiger partial charge in [0, 0.05) is 11.1 Å². The molecule has 1 aliphatic rings. The number of halogens is 2. The van der Waals surface area contributed by atoms with Crippen molar-refractivity contribution in [2.24, 2.45) is 11.7 Å². The van der Waals surface area contributed by atoms with Gasteiger partial charge in [-0.2, -0.15) is 0 Å². The van der Waals surface area contributed by atoms with Gasteiger partial charge in [-0.3, -0.25) is 0 Å². The zero-order chi connectivity index (χ0) is 11.1. The Balaban J connectivity index is 2.41. The Morgan fingerprint density at radius 1 is 1.40 bits per heavy atom. The van der Waals surface area contributed by atoms with Crippen molar-refractivity contribution in [3.8, 4) is 0 Å². The fourth-order valence-corrected chi connectivity index (χ4v) is 2.46. The van der Waals surface area contributed by atoms with E-state index in [0.29, 0.717) is 11.5 Å². The number of benzene rings is 1. The molecule has 1 aromatic rings. The highest BCUT2D eigenvalue weighted by atomic mass is 19.2. The van der Waals surface area contributed by atoms with Gasteiger partial charge in [0.1, 0.15) is 0 Å². The van der Waals surface area contributed by atoms with Crippen LogP contribution in [0, 0.1) is 17.6 Å². The van der Waals surface area contributed by atoms with Gasteiger partial charge in [-0.25, -0.2) is 8.78 Å². The lowest BCUT2D eigenvalue weighted by Gasteiger charge is -2.25. The Bertz CT molecular complexity index is 378. The first-order chi connectivity index (χ1) is 7.03. The SMILES string of the molecule is CC1CCC(N)(c2cccc(F)c2F)C1. The van der Waals surface area contributed by atoms with Crippen LogP contribution < -0.4 is 5.73 Å². The Hall–Kier alpha value is -0.960. The zero-order valence-electron chi connectivity index (χ0n) is 8.76. The molecule has 3 heteroatoms. The van der Waals surface area contributed by atoms with Crippen molar-refractivity contribution >= 4 is 0 Å². The van der Waals surface area contributed by atoms with Gasteiger partial charge in [0.2, 0.25) is 0 Å². The highest BCUT2D eigenvalue weighted by Crippen LogP contribution is 2.40. The minimum atomic E-state index is -0.808. The minimum Gasteiger partial charge on any atom is -0.321 e. The van der Waals surface area contributed by atoms with Crippen LogP contribution in [-0.2, 0) is 5.54 Å². The number of rotatable bonds is 1. The molecular weight excluding hydrogens is 196 g/mol. The molecule has 0 heterocycles. The predicted molar refractivity (Wildman–Crippen MR) is 55.2 cm³/mol. The molecule has 0 aromatic heterocycles. The Morgan fingerprint density at radius 3 is 2.73 bits per heavy atom. The molecule has 1 aliphatic carbocycles. The normalized spacial score (nSPS) is 30.8. The van der Waals surface area contributed by atoms with E-state index in [1.165, 1.54) is 6.07 Å². The molecule has 2 rings (SSSR count). The standard InChI is InChI=1S/C12H15F2N/c1-8-5-6-12(15,7-8)9-3-2-4-10(13)11(9)14/h2-4,8H,5-7,15H2,1H3. The Kier molecular flexibility index (Phi) is 2.51. The van der Waals surface area contributed by atoms with Crippen molar-refractivity contribution in [2.75, 3.05) is 0 Å². The van der Waals surface area contributed by atoms with Crippen LogP contribution in [0.25, 0.3) is 0 Å². The quantitative estimate of drug-likeness (QED) is 0.759. The van der Waals surface area contributed by atoms with Crippen LogP contribution in [0.4, 0.5) is 8.78 Å². The van der Waals surface area contributed by atoms with Crippen LogP contribution in [0.2, 0.25) is 0 Å². The van der Waals surface area contributed by atoms with Gasteiger partial charge in [-0.1, -0.05) is 19.1 Å². The molecule has 82 valence electrons. The average Bonchev–Trinajstić information content (AvgIpc) is 2.52. The first-order valence-electron chi connectivity index (χ1n) is 5.26. The lowest BCUT2D eigenvalue weighted by Crippen LogP contribution is -2.34. The van der Waals surface area contributed by atoms with E-state index in [1.807, 2.05) is 0 Å². The van der Waals surface area contributed by atoms with Crippen molar-refractivity contribution < 1.29 is 8.78 Å². The molecule has 2 atom stereocenters. The lowest BCUT2D eigenvalue weighted by atomic mass is 9.88. The lowest BCUT2D eigenvalue weighted by molar-refractivity contribution is 0.401. The predicted octanol–water partition coefficient (Wildman–Crippen LogP) is 2.94. The smallest absolute Gasteiger partial charge is 0.163 e. The van der Waals surface area contributed by atoms with Crippen molar-refractivity contribution in [1.82, 2.24) is 0 Å². The summed E-state index contributed by atoms with van der Waals surface area (Å²) in [5, 5.41) is 0. The molecule has 15 heavy (non-hydrogen) atoms. The number of hydrogen-bond donors (Lipinski definition) is 1. The van der Waals surface area contributed by atoms with Crippen LogP contribution in [0.5, 0.6) is 0 Å². The highest BCUT2D eigenvalue weighted by Gasteiger charge is 2.37. The van der Waals surface area contributed by atoms with Gasteiger partial charge in [0.05, 0.1) is 0 Å². The van der Waals surface area contributed by atoms with Gasteiger partial charge >= 0.3 is 0 Å². The van der Waals surface area contributed by atoms with E-state index < -0.39 is 17.2 Å². The molecule has 0 amide bonds. The third kappa shape index (κ3) is 1.76.